The fraction of sp³-hybridized carbons (Fsp3) is 0.282. The molecular weight excluding hydrogens is 576 g/mol. The first-order chi connectivity index (χ1) is 21.6. The number of aryl methyl sites for hydroxylation is 4. The molecule has 0 aliphatic rings. The van der Waals surface area contributed by atoms with Crippen LogP contribution in [-0.2, 0) is 19.5 Å². The van der Waals surface area contributed by atoms with Crippen LogP contribution in [-0.4, -0.2) is 25.7 Å². The van der Waals surface area contributed by atoms with Gasteiger partial charge >= 0.3 is 0 Å². The maximum absolute atomic E-state index is 6.37. The molecule has 0 unspecified atom stereocenters. The minimum atomic E-state index is 0. The molecule has 230 valence electrons. The van der Waals surface area contributed by atoms with Crippen LogP contribution >= 0.6 is 12.4 Å². The molecule has 0 fully saturated rings. The summed E-state index contributed by atoms with van der Waals surface area (Å²) >= 11 is 0. The van der Waals surface area contributed by atoms with Crippen LogP contribution < -0.4 is 4.74 Å². The van der Waals surface area contributed by atoms with Crippen molar-refractivity contribution < 1.29 is 4.74 Å². The number of pyridine rings is 2. The summed E-state index contributed by atoms with van der Waals surface area (Å²) in [4.78, 5) is 9.42. The van der Waals surface area contributed by atoms with E-state index in [2.05, 4.69) is 120 Å². The van der Waals surface area contributed by atoms with Gasteiger partial charge in [0.2, 0.25) is 0 Å². The third-order valence-corrected chi connectivity index (χ3v) is 8.92. The van der Waals surface area contributed by atoms with Crippen molar-refractivity contribution >= 4 is 56.0 Å². The van der Waals surface area contributed by atoms with Gasteiger partial charge in [-0.15, -0.1) is 12.4 Å². The van der Waals surface area contributed by atoms with Gasteiger partial charge in [-0.3, -0.25) is 9.97 Å². The highest BCUT2D eigenvalue weighted by Gasteiger charge is 2.17. The SMILES string of the molecule is Cc1nccc2c3ccc(OCCCCn4c5ccccc5c5ccnc(C(C)C)c54)cc3n(CCCc3ccccc3)c12.Cl. The van der Waals surface area contributed by atoms with Crippen molar-refractivity contribution in [3.63, 3.8) is 0 Å². The molecule has 5 nitrogen and oxygen atoms in total. The lowest BCUT2D eigenvalue weighted by atomic mass is 10.1. The summed E-state index contributed by atoms with van der Waals surface area (Å²) in [5.74, 6) is 1.30. The number of fused-ring (bicyclic) bond motifs is 6. The number of aromatic nitrogens is 4. The molecule has 3 aromatic carbocycles. The van der Waals surface area contributed by atoms with Gasteiger partial charge < -0.3 is 13.9 Å². The van der Waals surface area contributed by atoms with E-state index in [4.69, 9.17) is 9.72 Å². The molecule has 7 aromatic rings. The lowest BCUT2D eigenvalue weighted by Gasteiger charge is -2.13. The molecule has 0 saturated carbocycles. The number of unbranched alkanes of at least 4 members (excludes halogenated alkanes) is 1. The number of halogens is 1. The second-order valence-corrected chi connectivity index (χ2v) is 12.2. The molecule has 6 heteroatoms. The molecule has 45 heavy (non-hydrogen) atoms. The Balaban J connectivity index is 0.00000357. The minimum absolute atomic E-state index is 0. The standard InChI is InChI=1S/C39H40N4O.ClH/c1-27(2)37-39-34(20-22-41-37)31-15-7-8-16-35(31)42(39)23-9-10-25-44-30-17-18-32-33-19-21-40-28(3)38(33)43(36(32)26-30)24-11-14-29-12-5-4-6-13-29;/h4-8,12-13,15-22,26-27H,9-11,14,23-25H2,1-3H3;1H. The highest BCUT2D eigenvalue weighted by molar-refractivity contribution is 6.09. The van der Waals surface area contributed by atoms with Crippen molar-refractivity contribution in [3.05, 3.63) is 114 Å². The predicted octanol–water partition coefficient (Wildman–Crippen LogP) is 10.0. The molecule has 0 amide bonds. The van der Waals surface area contributed by atoms with Crippen LogP contribution in [0.5, 0.6) is 5.75 Å². The normalized spacial score (nSPS) is 11.6. The Kier molecular flexibility index (Phi) is 9.09. The van der Waals surface area contributed by atoms with Gasteiger partial charge in [-0.05, 0) is 74.4 Å². The molecule has 4 heterocycles. The van der Waals surface area contributed by atoms with Crippen molar-refractivity contribution in [2.75, 3.05) is 6.61 Å². The first kappa shape index (κ1) is 30.7. The van der Waals surface area contributed by atoms with Gasteiger partial charge in [0.25, 0.3) is 0 Å². The Bertz CT molecular complexity index is 2080. The van der Waals surface area contributed by atoms with Crippen LogP contribution in [0.3, 0.4) is 0 Å². The van der Waals surface area contributed by atoms with Crippen LogP contribution in [0.4, 0.5) is 0 Å². The third-order valence-electron chi connectivity index (χ3n) is 8.92. The molecule has 0 radical (unpaired) electrons. The number of para-hydroxylation sites is 1. The maximum atomic E-state index is 6.37. The summed E-state index contributed by atoms with van der Waals surface area (Å²) in [7, 11) is 0. The Morgan fingerprint density at radius 3 is 2.18 bits per heavy atom. The smallest absolute Gasteiger partial charge is 0.121 e. The zero-order valence-corrected chi connectivity index (χ0v) is 27.2. The van der Waals surface area contributed by atoms with Crippen molar-refractivity contribution in [1.29, 1.82) is 0 Å². The molecular formula is C39H41ClN4O. The van der Waals surface area contributed by atoms with Crippen molar-refractivity contribution in [2.24, 2.45) is 0 Å². The van der Waals surface area contributed by atoms with Gasteiger partial charge in [0.1, 0.15) is 5.75 Å². The summed E-state index contributed by atoms with van der Waals surface area (Å²) < 4.78 is 11.3. The van der Waals surface area contributed by atoms with E-state index in [1.54, 1.807) is 0 Å². The minimum Gasteiger partial charge on any atom is -0.494 e. The average molecular weight is 617 g/mol. The molecule has 0 aliphatic carbocycles. The van der Waals surface area contributed by atoms with Gasteiger partial charge in [-0.1, -0.05) is 62.4 Å². The highest BCUT2D eigenvalue weighted by Crippen LogP contribution is 2.34. The summed E-state index contributed by atoms with van der Waals surface area (Å²) in [5, 5.41) is 5.13. The monoisotopic (exact) mass is 616 g/mol. The third kappa shape index (κ3) is 5.89. The van der Waals surface area contributed by atoms with Crippen LogP contribution in [0.15, 0.2) is 97.3 Å². The van der Waals surface area contributed by atoms with Crippen LogP contribution in [0.1, 0.15) is 56.0 Å². The van der Waals surface area contributed by atoms with Gasteiger partial charge in [-0.2, -0.15) is 0 Å². The first-order valence-electron chi connectivity index (χ1n) is 16.0. The fourth-order valence-corrected chi connectivity index (χ4v) is 6.85. The zero-order valence-electron chi connectivity index (χ0n) is 26.4. The van der Waals surface area contributed by atoms with Crippen LogP contribution in [0, 0.1) is 6.92 Å². The van der Waals surface area contributed by atoms with E-state index in [9.17, 15) is 0 Å². The molecule has 0 N–H and O–H groups in total. The molecule has 0 bridgehead atoms. The quantitative estimate of drug-likeness (QED) is 0.136. The average Bonchev–Trinajstić information content (AvgIpc) is 3.54. The first-order valence-corrected chi connectivity index (χ1v) is 16.0. The van der Waals surface area contributed by atoms with E-state index in [1.165, 1.54) is 54.9 Å². The van der Waals surface area contributed by atoms with E-state index in [0.717, 1.165) is 50.2 Å². The van der Waals surface area contributed by atoms with E-state index >= 15 is 0 Å². The Labute approximate surface area is 271 Å². The zero-order chi connectivity index (χ0) is 30.0. The number of rotatable bonds is 11. The summed E-state index contributed by atoms with van der Waals surface area (Å²) in [6.45, 7) is 9.15. The van der Waals surface area contributed by atoms with Crippen LogP contribution in [0.2, 0.25) is 0 Å². The Morgan fingerprint density at radius 1 is 0.667 bits per heavy atom. The van der Waals surface area contributed by atoms with Crippen molar-refractivity contribution in [1.82, 2.24) is 19.1 Å². The number of hydrogen-bond donors (Lipinski definition) is 0. The number of hydrogen-bond acceptors (Lipinski definition) is 3. The second-order valence-electron chi connectivity index (χ2n) is 12.2. The summed E-state index contributed by atoms with van der Waals surface area (Å²) in [6.07, 6.45) is 8.02. The molecule has 4 aromatic heterocycles. The lowest BCUT2D eigenvalue weighted by molar-refractivity contribution is 0.304. The van der Waals surface area contributed by atoms with Crippen molar-refractivity contribution in [3.8, 4) is 5.75 Å². The summed E-state index contributed by atoms with van der Waals surface area (Å²) in [6, 6.07) is 30.4. The summed E-state index contributed by atoms with van der Waals surface area (Å²) in [5.41, 5.74) is 8.64. The molecule has 0 atom stereocenters. The van der Waals surface area contributed by atoms with E-state index in [-0.39, 0.29) is 12.4 Å². The molecule has 0 saturated heterocycles. The van der Waals surface area contributed by atoms with Gasteiger partial charge in [-0.25, -0.2) is 0 Å². The van der Waals surface area contributed by atoms with Gasteiger partial charge in [0, 0.05) is 58.6 Å². The number of ether oxygens (including phenoxy) is 1. The largest absolute Gasteiger partial charge is 0.494 e. The van der Waals surface area contributed by atoms with Gasteiger partial charge in [0.05, 0.1) is 34.5 Å². The second kappa shape index (κ2) is 13.3. The number of nitrogens with zero attached hydrogens (tertiary/aromatic N) is 4. The molecule has 7 rings (SSSR count). The predicted molar refractivity (Wildman–Crippen MR) is 190 cm³/mol. The topological polar surface area (TPSA) is 44.9 Å². The lowest BCUT2D eigenvalue weighted by Crippen LogP contribution is -2.05. The van der Waals surface area contributed by atoms with E-state index in [0.29, 0.717) is 12.5 Å². The highest BCUT2D eigenvalue weighted by atomic mass is 35.5. The van der Waals surface area contributed by atoms with E-state index in [1.807, 2.05) is 12.4 Å². The maximum Gasteiger partial charge on any atom is 0.121 e. The Morgan fingerprint density at radius 2 is 1.36 bits per heavy atom. The molecule has 0 aliphatic heterocycles. The Hall–Kier alpha value is -4.35. The van der Waals surface area contributed by atoms with Crippen molar-refractivity contribution in [2.45, 2.75) is 65.5 Å². The number of benzene rings is 3. The fourth-order valence-electron chi connectivity index (χ4n) is 6.85. The van der Waals surface area contributed by atoms with E-state index < -0.39 is 0 Å². The van der Waals surface area contributed by atoms with Crippen LogP contribution in [0.25, 0.3) is 43.6 Å². The molecule has 0 spiro atoms. The van der Waals surface area contributed by atoms with Gasteiger partial charge in [0.15, 0.2) is 0 Å².